The number of ether oxygens (including phenoxy) is 2. The van der Waals surface area contributed by atoms with Crippen LogP contribution in [0.25, 0.3) is 0 Å². The summed E-state index contributed by atoms with van der Waals surface area (Å²) >= 11 is 0. The molecule has 7 nitrogen and oxygen atoms in total. The van der Waals surface area contributed by atoms with Gasteiger partial charge in [-0.2, -0.15) is 0 Å². The molecule has 1 amide bonds. The molecule has 0 atom stereocenters. The number of amides is 1. The van der Waals surface area contributed by atoms with E-state index in [0.29, 0.717) is 19.5 Å². The topological polar surface area (TPSA) is 77.3 Å². The Morgan fingerprint density at radius 2 is 0.672 bits per heavy atom. The van der Waals surface area contributed by atoms with E-state index in [1.807, 2.05) is 4.90 Å². The number of rotatable bonds is 48. The number of quaternary nitrogens is 1. The van der Waals surface area contributed by atoms with Gasteiger partial charge in [0.25, 0.3) is 0 Å². The van der Waals surface area contributed by atoms with E-state index in [2.05, 4.69) is 41.5 Å². The molecule has 0 unspecified atom stereocenters. The van der Waals surface area contributed by atoms with E-state index in [9.17, 15) is 14.4 Å². The first-order chi connectivity index (χ1) is 29.9. The second kappa shape index (κ2) is 46.4. The maximum Gasteiger partial charge on any atom is 0.308 e. The summed E-state index contributed by atoms with van der Waals surface area (Å²) in [4.78, 5) is 44.3. The Hall–Kier alpha value is -1.63. The van der Waals surface area contributed by atoms with Crippen LogP contribution in [-0.4, -0.2) is 68.7 Å². The molecule has 0 rings (SSSR count). The summed E-state index contributed by atoms with van der Waals surface area (Å²) < 4.78 is 12.0. The van der Waals surface area contributed by atoms with E-state index in [1.54, 1.807) is 4.90 Å². The average Bonchev–Trinajstić information content (AvgIpc) is 3.25. The lowest BCUT2D eigenvalue weighted by atomic mass is 9.94. The Bertz CT molecular complexity index is 860. The quantitative estimate of drug-likeness (QED) is 0.0487. The van der Waals surface area contributed by atoms with Gasteiger partial charge in [-0.15, -0.1) is 0 Å². The van der Waals surface area contributed by atoms with Crippen molar-refractivity contribution in [3.8, 4) is 0 Å². The summed E-state index contributed by atoms with van der Waals surface area (Å²) in [5.41, 5.74) is 0. The molecule has 0 spiro atoms. The van der Waals surface area contributed by atoms with Crippen LogP contribution >= 0.6 is 0 Å². The highest BCUT2D eigenvalue weighted by atomic mass is 16.5. The fourth-order valence-corrected chi connectivity index (χ4v) is 8.99. The minimum absolute atomic E-state index is 0.0629. The lowest BCUT2D eigenvalue weighted by molar-refractivity contribution is -0.900. The smallest absolute Gasteiger partial charge is 0.308 e. The minimum atomic E-state index is -0.0901. The van der Waals surface area contributed by atoms with Crippen molar-refractivity contribution in [2.75, 3.05) is 45.9 Å². The molecule has 0 heterocycles. The Morgan fingerprint density at radius 3 is 0.967 bits per heavy atom. The zero-order valence-corrected chi connectivity index (χ0v) is 42.0. The molecule has 0 radical (unpaired) electrons. The van der Waals surface area contributed by atoms with Gasteiger partial charge >= 0.3 is 11.9 Å². The van der Waals surface area contributed by atoms with Crippen molar-refractivity contribution in [2.45, 2.75) is 273 Å². The number of esters is 2. The van der Waals surface area contributed by atoms with E-state index in [4.69, 9.17) is 9.47 Å². The third-order valence-electron chi connectivity index (χ3n) is 13.0. The molecule has 0 aromatic heterocycles. The first-order valence-electron chi connectivity index (χ1n) is 27.3. The average molecular weight is 864 g/mol. The fraction of sp³-hybridized carbons (Fsp3) is 0.944. The van der Waals surface area contributed by atoms with Gasteiger partial charge in [0.1, 0.15) is 13.2 Å². The normalized spacial score (nSPS) is 11.6. The first kappa shape index (κ1) is 59.4. The summed E-state index contributed by atoms with van der Waals surface area (Å²) in [5.74, 6) is -0.232. The van der Waals surface area contributed by atoms with Crippen LogP contribution in [0.15, 0.2) is 0 Å². The maximum absolute atomic E-state index is 13.8. The molecule has 61 heavy (non-hydrogen) atoms. The zero-order chi connectivity index (χ0) is 44.9. The van der Waals surface area contributed by atoms with Gasteiger partial charge in [-0.1, -0.05) is 221 Å². The molecule has 0 saturated carbocycles. The van der Waals surface area contributed by atoms with Crippen molar-refractivity contribution in [1.29, 1.82) is 0 Å². The van der Waals surface area contributed by atoms with Gasteiger partial charge in [0.15, 0.2) is 0 Å². The van der Waals surface area contributed by atoms with Crippen molar-refractivity contribution in [3.63, 3.8) is 0 Å². The van der Waals surface area contributed by atoms with Crippen LogP contribution in [0.1, 0.15) is 273 Å². The number of nitrogens with zero attached hydrogens (tertiary/aromatic N) is 1. The van der Waals surface area contributed by atoms with Crippen LogP contribution in [0.2, 0.25) is 0 Å². The van der Waals surface area contributed by atoms with Crippen molar-refractivity contribution in [2.24, 2.45) is 11.8 Å². The number of carbonyl (C=O) groups excluding carboxylic acids is 3. The Morgan fingerprint density at radius 1 is 0.377 bits per heavy atom. The molecule has 0 aromatic rings. The molecular weight excluding hydrogens is 757 g/mol. The second-order valence-corrected chi connectivity index (χ2v) is 18.9. The van der Waals surface area contributed by atoms with Gasteiger partial charge < -0.3 is 19.3 Å². The number of nitrogens with one attached hydrogen (secondary N) is 1. The molecule has 0 bridgehead atoms. The molecular formula is C54H107N2O5+. The molecule has 0 aliphatic carbocycles. The standard InChI is InChI=1S/C54H106N2O5/c1-7-13-17-21-25-29-33-38-50(39-34-30-26-22-18-14-8-2)53(58)60-48-46-56(52(57)42-37-45-55(43-11-5)44-12-6)47-49-61-54(59)51(40-35-31-27-23-19-15-9-3)41-36-32-28-24-20-16-10-4/h50-51H,7-49H2,1-6H3/p+1. The summed E-state index contributed by atoms with van der Waals surface area (Å²) in [6, 6.07) is 0. The van der Waals surface area contributed by atoms with Gasteiger partial charge in [-0.25, -0.2) is 0 Å². The predicted molar refractivity (Wildman–Crippen MR) is 261 cm³/mol. The lowest BCUT2D eigenvalue weighted by Crippen LogP contribution is -3.12. The highest BCUT2D eigenvalue weighted by Gasteiger charge is 2.23. The minimum Gasteiger partial charge on any atom is -0.464 e. The van der Waals surface area contributed by atoms with Crippen molar-refractivity contribution < 1.29 is 28.8 Å². The number of carbonyl (C=O) groups is 3. The molecule has 0 aliphatic heterocycles. The molecule has 0 aliphatic rings. The van der Waals surface area contributed by atoms with Crippen LogP contribution in [0.4, 0.5) is 0 Å². The molecule has 0 aromatic carbocycles. The van der Waals surface area contributed by atoms with Gasteiger partial charge in [-0.3, -0.25) is 14.4 Å². The second-order valence-electron chi connectivity index (χ2n) is 18.9. The van der Waals surface area contributed by atoms with Gasteiger partial charge in [0.05, 0.1) is 44.6 Å². The van der Waals surface area contributed by atoms with Crippen LogP contribution in [-0.2, 0) is 23.9 Å². The van der Waals surface area contributed by atoms with E-state index in [1.165, 1.54) is 154 Å². The first-order valence-corrected chi connectivity index (χ1v) is 27.3. The van der Waals surface area contributed by atoms with E-state index < -0.39 is 0 Å². The summed E-state index contributed by atoms with van der Waals surface area (Å²) in [5, 5.41) is 0. The van der Waals surface area contributed by atoms with Gasteiger partial charge in [0, 0.05) is 12.8 Å². The van der Waals surface area contributed by atoms with Crippen LogP contribution in [0.5, 0.6) is 0 Å². The fourth-order valence-electron chi connectivity index (χ4n) is 8.99. The molecule has 0 fully saturated rings. The highest BCUT2D eigenvalue weighted by molar-refractivity contribution is 5.76. The van der Waals surface area contributed by atoms with Crippen LogP contribution < -0.4 is 4.90 Å². The van der Waals surface area contributed by atoms with Crippen LogP contribution in [0.3, 0.4) is 0 Å². The molecule has 1 N–H and O–H groups in total. The van der Waals surface area contributed by atoms with Crippen LogP contribution in [0, 0.1) is 11.8 Å². The molecule has 7 heteroatoms. The highest BCUT2D eigenvalue weighted by Crippen LogP contribution is 2.23. The summed E-state index contributed by atoms with van der Waals surface area (Å²) in [7, 11) is 0. The number of hydrogen-bond donors (Lipinski definition) is 1. The predicted octanol–water partition coefficient (Wildman–Crippen LogP) is 14.2. The largest absolute Gasteiger partial charge is 0.464 e. The maximum atomic E-state index is 13.8. The summed E-state index contributed by atoms with van der Waals surface area (Å²) in [6.45, 7) is 17.8. The van der Waals surface area contributed by atoms with E-state index in [-0.39, 0.29) is 42.9 Å². The van der Waals surface area contributed by atoms with Gasteiger partial charge in [0.2, 0.25) is 5.91 Å². The van der Waals surface area contributed by atoms with Crippen molar-refractivity contribution in [3.05, 3.63) is 0 Å². The Labute approximate surface area is 380 Å². The van der Waals surface area contributed by atoms with Crippen molar-refractivity contribution in [1.82, 2.24) is 4.90 Å². The Balaban J connectivity index is 5.51. The number of hydrogen-bond acceptors (Lipinski definition) is 5. The zero-order valence-electron chi connectivity index (χ0n) is 42.0. The van der Waals surface area contributed by atoms with E-state index >= 15 is 0 Å². The third-order valence-corrected chi connectivity index (χ3v) is 13.0. The Kier molecular flexibility index (Phi) is 45.1. The van der Waals surface area contributed by atoms with Crippen molar-refractivity contribution >= 4 is 17.8 Å². The SMILES string of the molecule is CCCCCCCCCC(CCCCCCCCC)C(=O)OCCN(CCOC(=O)C(CCCCCCCCC)CCCCCCCCC)C(=O)CCC[NH+](CCC)CCC. The monoisotopic (exact) mass is 864 g/mol. The summed E-state index contributed by atoms with van der Waals surface area (Å²) in [6.07, 6.45) is 41.9. The number of unbranched alkanes of at least 4 members (excludes halogenated alkanes) is 24. The van der Waals surface area contributed by atoms with Gasteiger partial charge in [-0.05, 0) is 38.5 Å². The van der Waals surface area contributed by atoms with E-state index in [0.717, 1.165) is 90.3 Å². The molecule has 362 valence electrons. The molecule has 0 saturated heterocycles. The third kappa shape index (κ3) is 37.5. The lowest BCUT2D eigenvalue weighted by Gasteiger charge is -2.25.